The van der Waals surface area contributed by atoms with Gasteiger partial charge in [-0.25, -0.2) is 8.42 Å². The van der Waals surface area contributed by atoms with Gasteiger partial charge in [0.05, 0.1) is 17.7 Å². The van der Waals surface area contributed by atoms with E-state index in [1.54, 1.807) is 24.3 Å². The molecular weight excluding hydrogens is 312 g/mol. The van der Waals surface area contributed by atoms with E-state index in [9.17, 15) is 8.42 Å². The van der Waals surface area contributed by atoms with Crippen LogP contribution in [0.2, 0.25) is 5.02 Å². The molecule has 0 aliphatic carbocycles. The summed E-state index contributed by atoms with van der Waals surface area (Å²) in [6.45, 7) is 0.164. The number of anilines is 1. The molecule has 0 atom stereocenters. The summed E-state index contributed by atoms with van der Waals surface area (Å²) in [4.78, 5) is 0.0956. The van der Waals surface area contributed by atoms with Gasteiger partial charge in [0.25, 0.3) is 10.0 Å². The molecule has 2 rings (SSSR count). The van der Waals surface area contributed by atoms with Crippen LogP contribution in [-0.4, -0.2) is 15.5 Å². The Morgan fingerprint density at radius 3 is 2.62 bits per heavy atom. The number of sulfonamides is 1. The van der Waals surface area contributed by atoms with Gasteiger partial charge in [-0.2, -0.15) is 0 Å². The molecule has 2 aromatic carbocycles. The quantitative estimate of drug-likeness (QED) is 0.885. The first-order valence-corrected chi connectivity index (χ1v) is 7.98. The Morgan fingerprint density at radius 1 is 1.24 bits per heavy atom. The van der Waals surface area contributed by atoms with Crippen LogP contribution in [0.15, 0.2) is 47.4 Å². The molecule has 0 amide bonds. The number of para-hydroxylation sites is 2. The van der Waals surface area contributed by atoms with Crippen LogP contribution in [0.25, 0.3) is 0 Å². The lowest BCUT2D eigenvalue weighted by Gasteiger charge is -2.12. The van der Waals surface area contributed by atoms with E-state index in [-0.39, 0.29) is 11.4 Å². The average molecular weight is 327 g/mol. The Hall–Kier alpha value is -1.76. The van der Waals surface area contributed by atoms with E-state index >= 15 is 0 Å². The monoisotopic (exact) mass is 326 g/mol. The highest BCUT2D eigenvalue weighted by Gasteiger charge is 2.17. The largest absolute Gasteiger partial charge is 0.495 e. The number of ether oxygens (including phenoxy) is 1. The highest BCUT2D eigenvalue weighted by Crippen LogP contribution is 2.27. The lowest BCUT2D eigenvalue weighted by atomic mass is 10.2. The van der Waals surface area contributed by atoms with Crippen molar-refractivity contribution in [2.45, 2.75) is 11.4 Å². The standard InChI is InChI=1S/C14H15ClN2O3S/c1-20-14-5-3-2-4-13(14)17-21(18,19)11-6-7-12(15)10(8-11)9-16/h2-8,17H,9,16H2,1H3. The van der Waals surface area contributed by atoms with Gasteiger partial charge in [-0.1, -0.05) is 23.7 Å². The minimum absolute atomic E-state index is 0.0956. The molecule has 112 valence electrons. The molecule has 21 heavy (non-hydrogen) atoms. The molecule has 7 heteroatoms. The van der Waals surface area contributed by atoms with Gasteiger partial charge in [-0.05, 0) is 35.9 Å². The van der Waals surface area contributed by atoms with Crippen LogP contribution in [0.5, 0.6) is 5.75 Å². The Balaban J connectivity index is 2.38. The number of methoxy groups -OCH3 is 1. The van der Waals surface area contributed by atoms with Crippen LogP contribution in [0.3, 0.4) is 0 Å². The zero-order valence-corrected chi connectivity index (χ0v) is 12.9. The minimum Gasteiger partial charge on any atom is -0.495 e. The van der Waals surface area contributed by atoms with Crippen molar-refractivity contribution < 1.29 is 13.2 Å². The summed E-state index contributed by atoms with van der Waals surface area (Å²) in [7, 11) is -2.27. The Labute approximate surface area is 128 Å². The summed E-state index contributed by atoms with van der Waals surface area (Å²) in [5, 5.41) is 0.439. The van der Waals surface area contributed by atoms with Gasteiger partial charge in [-0.3, -0.25) is 4.72 Å². The van der Waals surface area contributed by atoms with Gasteiger partial charge in [-0.15, -0.1) is 0 Å². The molecule has 5 nitrogen and oxygen atoms in total. The van der Waals surface area contributed by atoms with Crippen LogP contribution in [0.1, 0.15) is 5.56 Å². The van der Waals surface area contributed by atoms with E-state index in [0.29, 0.717) is 22.0 Å². The zero-order valence-electron chi connectivity index (χ0n) is 11.3. The first-order valence-electron chi connectivity index (χ1n) is 6.12. The number of rotatable bonds is 5. The van der Waals surface area contributed by atoms with Crippen molar-refractivity contribution in [3.8, 4) is 5.75 Å². The predicted octanol–water partition coefficient (Wildman–Crippen LogP) is 2.61. The number of halogens is 1. The molecule has 0 heterocycles. The van der Waals surface area contributed by atoms with E-state index < -0.39 is 10.0 Å². The second kappa shape index (κ2) is 6.34. The summed E-state index contributed by atoms with van der Waals surface area (Å²) in [6, 6.07) is 11.2. The summed E-state index contributed by atoms with van der Waals surface area (Å²) >= 11 is 5.94. The number of nitrogens with two attached hydrogens (primary N) is 1. The van der Waals surface area contributed by atoms with Crippen molar-refractivity contribution in [3.63, 3.8) is 0 Å². The van der Waals surface area contributed by atoms with E-state index in [2.05, 4.69) is 4.72 Å². The molecule has 0 spiro atoms. The van der Waals surface area contributed by atoms with Crippen molar-refractivity contribution in [2.75, 3.05) is 11.8 Å². The van der Waals surface area contributed by atoms with E-state index in [1.165, 1.54) is 25.3 Å². The second-order valence-electron chi connectivity index (χ2n) is 4.26. The fraction of sp³-hybridized carbons (Fsp3) is 0.143. The highest BCUT2D eigenvalue weighted by molar-refractivity contribution is 7.92. The Morgan fingerprint density at radius 2 is 1.95 bits per heavy atom. The molecule has 0 aliphatic heterocycles. The van der Waals surface area contributed by atoms with Crippen molar-refractivity contribution >= 4 is 27.3 Å². The maximum Gasteiger partial charge on any atom is 0.262 e. The van der Waals surface area contributed by atoms with E-state index in [0.717, 1.165) is 0 Å². The van der Waals surface area contributed by atoms with Crippen molar-refractivity contribution in [2.24, 2.45) is 5.73 Å². The first-order chi connectivity index (χ1) is 9.97. The van der Waals surface area contributed by atoms with Crippen LogP contribution < -0.4 is 15.2 Å². The molecule has 0 aromatic heterocycles. The lowest BCUT2D eigenvalue weighted by Crippen LogP contribution is -2.14. The zero-order chi connectivity index (χ0) is 15.5. The molecule has 0 fully saturated rings. The summed E-state index contributed by atoms with van der Waals surface area (Å²) in [5.41, 5.74) is 6.48. The van der Waals surface area contributed by atoms with Gasteiger partial charge in [0.1, 0.15) is 5.75 Å². The maximum atomic E-state index is 12.4. The fourth-order valence-electron chi connectivity index (χ4n) is 1.81. The SMILES string of the molecule is COc1ccccc1NS(=O)(=O)c1ccc(Cl)c(CN)c1. The third kappa shape index (κ3) is 3.47. The average Bonchev–Trinajstić information content (AvgIpc) is 2.47. The van der Waals surface area contributed by atoms with Gasteiger partial charge in [0.15, 0.2) is 0 Å². The maximum absolute atomic E-state index is 12.4. The molecular formula is C14H15ClN2O3S. The van der Waals surface area contributed by atoms with Gasteiger partial charge in [0.2, 0.25) is 0 Å². The first kappa shape index (κ1) is 15.6. The van der Waals surface area contributed by atoms with Gasteiger partial charge < -0.3 is 10.5 Å². The molecule has 3 N–H and O–H groups in total. The van der Waals surface area contributed by atoms with E-state index in [4.69, 9.17) is 22.1 Å². The molecule has 0 bridgehead atoms. The number of hydrogen-bond acceptors (Lipinski definition) is 4. The number of benzene rings is 2. The second-order valence-corrected chi connectivity index (χ2v) is 6.35. The summed E-state index contributed by atoms with van der Waals surface area (Å²) in [6.07, 6.45) is 0. The molecule has 0 radical (unpaired) electrons. The summed E-state index contributed by atoms with van der Waals surface area (Å²) < 4.78 is 32.4. The van der Waals surface area contributed by atoms with Crippen LogP contribution in [-0.2, 0) is 16.6 Å². The van der Waals surface area contributed by atoms with Crippen molar-refractivity contribution in [3.05, 3.63) is 53.1 Å². The lowest BCUT2D eigenvalue weighted by molar-refractivity contribution is 0.417. The van der Waals surface area contributed by atoms with Gasteiger partial charge >= 0.3 is 0 Å². The fourth-order valence-corrected chi connectivity index (χ4v) is 3.12. The number of hydrogen-bond donors (Lipinski definition) is 2. The number of nitrogens with one attached hydrogen (secondary N) is 1. The smallest absolute Gasteiger partial charge is 0.262 e. The molecule has 0 aliphatic rings. The molecule has 2 aromatic rings. The van der Waals surface area contributed by atoms with Crippen molar-refractivity contribution in [1.82, 2.24) is 0 Å². The third-order valence-electron chi connectivity index (χ3n) is 2.90. The highest BCUT2D eigenvalue weighted by atomic mass is 35.5. The van der Waals surface area contributed by atoms with Crippen molar-refractivity contribution in [1.29, 1.82) is 0 Å². The molecule has 0 unspecified atom stereocenters. The topological polar surface area (TPSA) is 81.4 Å². The van der Waals surface area contributed by atoms with Crippen LogP contribution >= 0.6 is 11.6 Å². The Kier molecular flexibility index (Phi) is 4.72. The normalized spacial score (nSPS) is 11.2. The van der Waals surface area contributed by atoms with Crippen LogP contribution in [0, 0.1) is 0 Å². The predicted molar refractivity (Wildman–Crippen MR) is 83.1 cm³/mol. The Bertz CT molecular complexity index is 748. The van der Waals surface area contributed by atoms with E-state index in [1.807, 2.05) is 0 Å². The van der Waals surface area contributed by atoms with Crippen LogP contribution in [0.4, 0.5) is 5.69 Å². The third-order valence-corrected chi connectivity index (χ3v) is 4.63. The molecule has 0 saturated carbocycles. The minimum atomic E-state index is -3.74. The van der Waals surface area contributed by atoms with Gasteiger partial charge in [0, 0.05) is 11.6 Å². The summed E-state index contributed by atoms with van der Waals surface area (Å²) in [5.74, 6) is 0.439. The molecule has 0 saturated heterocycles.